The van der Waals surface area contributed by atoms with Crippen molar-refractivity contribution in [3.05, 3.63) is 36.0 Å². The maximum Gasteiger partial charge on any atom is 0.323 e. The molecule has 0 aliphatic rings. The summed E-state index contributed by atoms with van der Waals surface area (Å²) < 4.78 is 0. The summed E-state index contributed by atoms with van der Waals surface area (Å²) in [4.78, 5) is 11.3. The number of phenols is 1. The minimum Gasteiger partial charge on any atom is -0.506 e. The first kappa shape index (κ1) is 11.1. The van der Waals surface area contributed by atoms with Crippen LogP contribution in [0.1, 0.15) is 12.5 Å². The first-order valence-electron chi connectivity index (χ1n) is 4.52. The van der Waals surface area contributed by atoms with Gasteiger partial charge in [0.05, 0.1) is 5.69 Å². The summed E-state index contributed by atoms with van der Waals surface area (Å²) in [5.74, 6) is 0.0480. The van der Waals surface area contributed by atoms with Gasteiger partial charge in [-0.05, 0) is 31.5 Å². The molecule has 4 nitrogen and oxygen atoms in total. The van der Waals surface area contributed by atoms with E-state index in [0.29, 0.717) is 11.4 Å². The van der Waals surface area contributed by atoms with Crippen molar-refractivity contribution in [1.29, 1.82) is 0 Å². The Morgan fingerprint density at radius 2 is 2.13 bits per heavy atom. The first-order valence-corrected chi connectivity index (χ1v) is 4.52. The predicted molar refractivity (Wildman–Crippen MR) is 59.8 cm³/mol. The Kier molecular flexibility index (Phi) is 3.33. The van der Waals surface area contributed by atoms with Gasteiger partial charge in [-0.1, -0.05) is 12.6 Å². The SMILES string of the molecule is C=C(C)NC(=O)Nc1ccc(C)cc1O. The van der Waals surface area contributed by atoms with Crippen LogP contribution in [0.2, 0.25) is 0 Å². The number of anilines is 1. The Morgan fingerprint density at radius 1 is 1.47 bits per heavy atom. The van der Waals surface area contributed by atoms with E-state index in [1.165, 1.54) is 0 Å². The van der Waals surface area contributed by atoms with Gasteiger partial charge < -0.3 is 15.7 Å². The molecule has 2 amide bonds. The lowest BCUT2D eigenvalue weighted by Gasteiger charge is -2.08. The highest BCUT2D eigenvalue weighted by Gasteiger charge is 2.05. The molecule has 0 aliphatic carbocycles. The summed E-state index contributed by atoms with van der Waals surface area (Å²) in [7, 11) is 0. The number of benzene rings is 1. The van der Waals surface area contributed by atoms with Crippen LogP contribution in [0.5, 0.6) is 5.75 Å². The second kappa shape index (κ2) is 4.50. The van der Waals surface area contributed by atoms with Gasteiger partial charge in [-0.15, -0.1) is 0 Å². The molecule has 0 radical (unpaired) electrons. The second-order valence-electron chi connectivity index (χ2n) is 3.38. The van der Waals surface area contributed by atoms with Crippen LogP contribution in [-0.4, -0.2) is 11.1 Å². The molecule has 3 N–H and O–H groups in total. The van der Waals surface area contributed by atoms with Crippen LogP contribution < -0.4 is 10.6 Å². The number of urea groups is 1. The Bertz CT molecular complexity index is 400. The number of rotatable bonds is 2. The Labute approximate surface area is 88.6 Å². The molecule has 4 heteroatoms. The van der Waals surface area contributed by atoms with Crippen LogP contribution in [0, 0.1) is 6.92 Å². The van der Waals surface area contributed by atoms with Crippen molar-refractivity contribution >= 4 is 11.7 Å². The van der Waals surface area contributed by atoms with E-state index in [0.717, 1.165) is 5.56 Å². The molecule has 0 spiro atoms. The van der Waals surface area contributed by atoms with E-state index >= 15 is 0 Å². The van der Waals surface area contributed by atoms with Gasteiger partial charge in [0.15, 0.2) is 0 Å². The van der Waals surface area contributed by atoms with Crippen LogP contribution in [0.3, 0.4) is 0 Å². The number of aryl methyl sites for hydroxylation is 1. The fraction of sp³-hybridized carbons (Fsp3) is 0.182. The molecular weight excluding hydrogens is 192 g/mol. The third-order valence-corrected chi connectivity index (χ3v) is 1.73. The lowest BCUT2D eigenvalue weighted by atomic mass is 10.2. The predicted octanol–water partition coefficient (Wildman–Crippen LogP) is 2.36. The number of allylic oxidation sites excluding steroid dienone is 1. The van der Waals surface area contributed by atoms with Crippen molar-refractivity contribution in [2.45, 2.75) is 13.8 Å². The summed E-state index contributed by atoms with van der Waals surface area (Å²) in [5.41, 5.74) is 1.84. The minimum absolute atomic E-state index is 0.0480. The number of hydrogen-bond donors (Lipinski definition) is 3. The molecule has 0 heterocycles. The molecule has 1 rings (SSSR count). The van der Waals surface area contributed by atoms with Crippen LogP contribution in [-0.2, 0) is 0 Å². The topological polar surface area (TPSA) is 61.4 Å². The Hall–Kier alpha value is -1.97. The molecule has 0 aliphatic heterocycles. The lowest BCUT2D eigenvalue weighted by molar-refractivity contribution is 0.254. The number of carbonyl (C=O) groups excluding carboxylic acids is 1. The molecule has 0 bridgehead atoms. The van der Waals surface area contributed by atoms with E-state index in [9.17, 15) is 9.90 Å². The van der Waals surface area contributed by atoms with E-state index in [4.69, 9.17) is 0 Å². The molecule has 0 aromatic heterocycles. The van der Waals surface area contributed by atoms with Gasteiger partial charge in [-0.3, -0.25) is 0 Å². The molecule has 1 aromatic rings. The Balaban J connectivity index is 2.72. The fourth-order valence-corrected chi connectivity index (χ4v) is 1.09. The normalized spacial score (nSPS) is 9.47. The maximum absolute atomic E-state index is 11.3. The van der Waals surface area contributed by atoms with Crippen molar-refractivity contribution in [1.82, 2.24) is 5.32 Å². The number of aromatic hydroxyl groups is 1. The van der Waals surface area contributed by atoms with E-state index in [2.05, 4.69) is 17.2 Å². The molecule has 0 atom stereocenters. The number of amides is 2. The molecule has 0 saturated carbocycles. The summed E-state index contributed by atoms with van der Waals surface area (Å²) in [6, 6.07) is 4.61. The largest absolute Gasteiger partial charge is 0.506 e. The summed E-state index contributed by atoms with van der Waals surface area (Å²) in [6.45, 7) is 7.07. The van der Waals surface area contributed by atoms with E-state index in [1.807, 2.05) is 6.92 Å². The van der Waals surface area contributed by atoms with Crippen molar-refractivity contribution in [2.24, 2.45) is 0 Å². The van der Waals surface area contributed by atoms with Gasteiger partial charge in [0.2, 0.25) is 0 Å². The molecule has 15 heavy (non-hydrogen) atoms. The van der Waals surface area contributed by atoms with Crippen LogP contribution >= 0.6 is 0 Å². The van der Waals surface area contributed by atoms with Gasteiger partial charge in [0, 0.05) is 5.70 Å². The smallest absolute Gasteiger partial charge is 0.323 e. The van der Waals surface area contributed by atoms with E-state index in [-0.39, 0.29) is 5.75 Å². The zero-order chi connectivity index (χ0) is 11.4. The van der Waals surface area contributed by atoms with Gasteiger partial charge in [0.1, 0.15) is 5.75 Å². The highest BCUT2D eigenvalue weighted by molar-refractivity contribution is 5.91. The third kappa shape index (κ3) is 3.34. The number of carbonyl (C=O) groups is 1. The average molecular weight is 206 g/mol. The quantitative estimate of drug-likeness (QED) is 0.650. The standard InChI is InChI=1S/C11H14N2O2/c1-7(2)12-11(15)13-9-5-4-8(3)6-10(9)14/h4-6,14H,1H2,2-3H3,(H2,12,13,15). The van der Waals surface area contributed by atoms with Gasteiger partial charge in [-0.2, -0.15) is 0 Å². The highest BCUT2D eigenvalue weighted by atomic mass is 16.3. The molecule has 0 saturated heterocycles. The third-order valence-electron chi connectivity index (χ3n) is 1.73. The molecule has 1 aromatic carbocycles. The summed E-state index contributed by atoms with van der Waals surface area (Å²) in [6.07, 6.45) is 0. The molecule has 80 valence electrons. The molecular formula is C11H14N2O2. The average Bonchev–Trinajstić information content (AvgIpc) is 2.08. The van der Waals surface area contributed by atoms with Crippen molar-refractivity contribution in [3.8, 4) is 5.75 Å². The zero-order valence-electron chi connectivity index (χ0n) is 8.79. The van der Waals surface area contributed by atoms with Crippen LogP contribution in [0.4, 0.5) is 10.5 Å². The van der Waals surface area contributed by atoms with Crippen LogP contribution in [0.15, 0.2) is 30.5 Å². The van der Waals surface area contributed by atoms with Gasteiger partial charge in [-0.25, -0.2) is 4.79 Å². The second-order valence-corrected chi connectivity index (χ2v) is 3.38. The number of hydrogen-bond acceptors (Lipinski definition) is 2. The summed E-state index contributed by atoms with van der Waals surface area (Å²) in [5, 5.41) is 14.5. The summed E-state index contributed by atoms with van der Waals surface area (Å²) >= 11 is 0. The zero-order valence-corrected chi connectivity index (χ0v) is 8.79. The maximum atomic E-state index is 11.3. The first-order chi connectivity index (χ1) is 6.99. The van der Waals surface area contributed by atoms with Gasteiger partial charge in [0.25, 0.3) is 0 Å². The van der Waals surface area contributed by atoms with E-state index in [1.54, 1.807) is 25.1 Å². The number of phenolic OH excluding ortho intramolecular Hbond substituents is 1. The van der Waals surface area contributed by atoms with Gasteiger partial charge >= 0.3 is 6.03 Å². The molecule has 0 unspecified atom stereocenters. The Morgan fingerprint density at radius 3 is 2.67 bits per heavy atom. The minimum atomic E-state index is -0.415. The molecule has 0 fully saturated rings. The van der Waals surface area contributed by atoms with Crippen molar-refractivity contribution < 1.29 is 9.90 Å². The van der Waals surface area contributed by atoms with E-state index < -0.39 is 6.03 Å². The highest BCUT2D eigenvalue weighted by Crippen LogP contribution is 2.23. The van der Waals surface area contributed by atoms with Crippen LogP contribution in [0.25, 0.3) is 0 Å². The lowest BCUT2D eigenvalue weighted by Crippen LogP contribution is -2.26. The van der Waals surface area contributed by atoms with Crippen molar-refractivity contribution in [2.75, 3.05) is 5.32 Å². The fourth-order valence-electron chi connectivity index (χ4n) is 1.09. The monoisotopic (exact) mass is 206 g/mol. The number of nitrogens with one attached hydrogen (secondary N) is 2. The van der Waals surface area contributed by atoms with Crippen molar-refractivity contribution in [3.63, 3.8) is 0 Å².